The number of benzene rings is 1. The van der Waals surface area contributed by atoms with E-state index in [0.717, 1.165) is 12.1 Å². The lowest BCUT2D eigenvalue weighted by molar-refractivity contribution is 0.362. The van der Waals surface area contributed by atoms with Crippen molar-refractivity contribution >= 4 is 15.9 Å². The zero-order valence-corrected chi connectivity index (χ0v) is 10.4. The van der Waals surface area contributed by atoms with E-state index in [4.69, 9.17) is 5.11 Å². The number of phenols is 1. The molecular formula is C10H14FN3O3S. The molecule has 0 unspecified atom stereocenters. The Balaban J connectivity index is 2.13. The molecule has 1 aliphatic rings. The van der Waals surface area contributed by atoms with Gasteiger partial charge in [0.15, 0.2) is 11.6 Å². The fraction of sp³-hybridized carbons (Fsp3) is 0.400. The first-order valence-electron chi connectivity index (χ1n) is 5.46. The maximum atomic E-state index is 13.1. The van der Waals surface area contributed by atoms with Crippen molar-refractivity contribution in [2.75, 3.05) is 30.9 Å². The van der Waals surface area contributed by atoms with Gasteiger partial charge >= 0.3 is 10.2 Å². The topological polar surface area (TPSA) is 81.7 Å². The Kier molecular flexibility index (Phi) is 3.69. The minimum atomic E-state index is -3.67. The SMILES string of the molecule is O=S(=O)(Nc1ccc(O)c(F)c1)N1CCNCC1. The standard InChI is InChI=1S/C10H14FN3O3S/c11-9-7-8(1-2-10(9)15)13-18(16,17)14-5-3-12-4-6-14/h1-2,7,12-13,15H,3-6H2. The van der Waals surface area contributed by atoms with Gasteiger partial charge in [-0.3, -0.25) is 4.72 Å². The van der Waals surface area contributed by atoms with Gasteiger partial charge in [-0.15, -0.1) is 0 Å². The Morgan fingerprint density at radius 1 is 1.33 bits per heavy atom. The highest BCUT2D eigenvalue weighted by molar-refractivity contribution is 7.90. The first kappa shape index (κ1) is 13.1. The number of hydrogen-bond acceptors (Lipinski definition) is 4. The van der Waals surface area contributed by atoms with E-state index in [1.807, 2.05) is 0 Å². The van der Waals surface area contributed by atoms with Crippen molar-refractivity contribution in [2.24, 2.45) is 0 Å². The molecule has 1 aliphatic heterocycles. The minimum Gasteiger partial charge on any atom is -0.505 e. The molecule has 0 atom stereocenters. The van der Waals surface area contributed by atoms with Gasteiger partial charge in [0.1, 0.15) is 0 Å². The van der Waals surface area contributed by atoms with Crippen LogP contribution < -0.4 is 10.0 Å². The van der Waals surface area contributed by atoms with Crippen molar-refractivity contribution in [3.8, 4) is 5.75 Å². The second-order valence-electron chi connectivity index (χ2n) is 3.92. The monoisotopic (exact) mass is 275 g/mol. The number of aromatic hydroxyl groups is 1. The number of halogens is 1. The first-order valence-corrected chi connectivity index (χ1v) is 6.90. The summed E-state index contributed by atoms with van der Waals surface area (Å²) in [6, 6.07) is 3.35. The third-order valence-electron chi connectivity index (χ3n) is 2.61. The molecule has 0 amide bonds. The molecule has 1 aromatic carbocycles. The molecule has 6 nitrogen and oxygen atoms in total. The maximum Gasteiger partial charge on any atom is 0.301 e. The molecule has 0 saturated carbocycles. The van der Waals surface area contributed by atoms with Crippen molar-refractivity contribution in [2.45, 2.75) is 0 Å². The molecule has 0 aliphatic carbocycles. The van der Waals surface area contributed by atoms with Crippen LogP contribution in [-0.2, 0) is 10.2 Å². The highest BCUT2D eigenvalue weighted by Gasteiger charge is 2.23. The number of rotatable bonds is 3. The third kappa shape index (κ3) is 2.89. The molecule has 18 heavy (non-hydrogen) atoms. The molecule has 1 aromatic rings. The van der Waals surface area contributed by atoms with Crippen LogP contribution in [0.15, 0.2) is 18.2 Å². The van der Waals surface area contributed by atoms with Gasteiger partial charge in [-0.25, -0.2) is 4.39 Å². The normalized spacial score (nSPS) is 17.6. The Hall–Kier alpha value is -1.38. The average molecular weight is 275 g/mol. The number of nitrogens with zero attached hydrogens (tertiary/aromatic N) is 1. The van der Waals surface area contributed by atoms with Crippen molar-refractivity contribution < 1.29 is 17.9 Å². The van der Waals surface area contributed by atoms with Gasteiger partial charge in [-0.05, 0) is 12.1 Å². The Bertz CT molecular complexity index is 529. The van der Waals surface area contributed by atoms with Crippen LogP contribution >= 0.6 is 0 Å². The summed E-state index contributed by atoms with van der Waals surface area (Å²) in [7, 11) is -3.67. The lowest BCUT2D eigenvalue weighted by atomic mass is 10.3. The lowest BCUT2D eigenvalue weighted by Gasteiger charge is -2.26. The number of nitrogens with one attached hydrogen (secondary N) is 2. The number of piperazine rings is 1. The maximum absolute atomic E-state index is 13.1. The predicted octanol–water partition coefficient (Wildman–Crippen LogP) is 0.0932. The van der Waals surface area contributed by atoms with Crippen LogP contribution in [0.3, 0.4) is 0 Å². The number of phenolic OH excluding ortho intramolecular Hbond substituents is 1. The van der Waals surface area contributed by atoms with Gasteiger partial charge in [0.25, 0.3) is 0 Å². The smallest absolute Gasteiger partial charge is 0.301 e. The zero-order chi connectivity index (χ0) is 13.2. The van der Waals surface area contributed by atoms with Gasteiger partial charge in [-0.1, -0.05) is 0 Å². The average Bonchev–Trinajstić information content (AvgIpc) is 2.35. The highest BCUT2D eigenvalue weighted by atomic mass is 32.2. The third-order valence-corrected chi connectivity index (χ3v) is 4.15. The fourth-order valence-corrected chi connectivity index (χ4v) is 2.89. The summed E-state index contributed by atoms with van der Waals surface area (Å²) in [5.74, 6) is -1.38. The molecule has 1 heterocycles. The minimum absolute atomic E-state index is 0.0869. The summed E-state index contributed by atoms with van der Waals surface area (Å²) in [5.41, 5.74) is 0.0869. The molecule has 2 rings (SSSR count). The number of anilines is 1. The van der Waals surface area contributed by atoms with Crippen molar-refractivity contribution in [1.82, 2.24) is 9.62 Å². The number of hydrogen-bond donors (Lipinski definition) is 3. The Morgan fingerprint density at radius 2 is 2.00 bits per heavy atom. The van der Waals surface area contributed by atoms with Gasteiger partial charge in [0, 0.05) is 32.2 Å². The summed E-state index contributed by atoms with van der Waals surface area (Å²) < 4.78 is 40.6. The van der Waals surface area contributed by atoms with E-state index >= 15 is 0 Å². The van der Waals surface area contributed by atoms with Crippen LogP contribution in [0.2, 0.25) is 0 Å². The van der Waals surface area contributed by atoms with Gasteiger partial charge < -0.3 is 10.4 Å². The van der Waals surface area contributed by atoms with E-state index in [1.54, 1.807) is 0 Å². The van der Waals surface area contributed by atoms with Crippen molar-refractivity contribution in [3.05, 3.63) is 24.0 Å². The Morgan fingerprint density at radius 3 is 2.61 bits per heavy atom. The molecule has 0 radical (unpaired) electrons. The van der Waals surface area contributed by atoms with Gasteiger partial charge in [0.2, 0.25) is 0 Å². The molecule has 1 fully saturated rings. The van der Waals surface area contributed by atoms with E-state index < -0.39 is 21.8 Å². The van der Waals surface area contributed by atoms with E-state index in [0.29, 0.717) is 26.2 Å². The second-order valence-corrected chi connectivity index (χ2v) is 5.59. The summed E-state index contributed by atoms with van der Waals surface area (Å²) in [4.78, 5) is 0. The fourth-order valence-electron chi connectivity index (χ4n) is 1.67. The molecule has 0 bridgehead atoms. The summed E-state index contributed by atoms with van der Waals surface area (Å²) in [6.45, 7) is 1.92. The van der Waals surface area contributed by atoms with Crippen LogP contribution in [0, 0.1) is 5.82 Å². The zero-order valence-electron chi connectivity index (χ0n) is 9.56. The van der Waals surface area contributed by atoms with Crippen molar-refractivity contribution in [3.63, 3.8) is 0 Å². The van der Waals surface area contributed by atoms with E-state index in [-0.39, 0.29) is 5.69 Å². The second kappa shape index (κ2) is 5.09. The summed E-state index contributed by atoms with van der Waals surface area (Å²) in [6.07, 6.45) is 0. The van der Waals surface area contributed by atoms with Crippen LogP contribution in [0.25, 0.3) is 0 Å². The summed E-state index contributed by atoms with van der Waals surface area (Å²) in [5, 5.41) is 12.1. The van der Waals surface area contributed by atoms with Gasteiger partial charge in [0.05, 0.1) is 5.69 Å². The largest absolute Gasteiger partial charge is 0.505 e. The van der Waals surface area contributed by atoms with E-state index in [2.05, 4.69) is 10.0 Å². The molecule has 3 N–H and O–H groups in total. The van der Waals surface area contributed by atoms with E-state index in [9.17, 15) is 12.8 Å². The molecule has 8 heteroatoms. The molecule has 0 aromatic heterocycles. The molecule has 1 saturated heterocycles. The van der Waals surface area contributed by atoms with Crippen molar-refractivity contribution in [1.29, 1.82) is 0 Å². The molecular weight excluding hydrogens is 261 g/mol. The van der Waals surface area contributed by atoms with Crippen LogP contribution in [-0.4, -0.2) is 44.0 Å². The summed E-state index contributed by atoms with van der Waals surface area (Å²) >= 11 is 0. The quantitative estimate of drug-likeness (QED) is 0.683. The van der Waals surface area contributed by atoms with Crippen LogP contribution in [0.1, 0.15) is 0 Å². The van der Waals surface area contributed by atoms with Gasteiger partial charge in [-0.2, -0.15) is 12.7 Å². The van der Waals surface area contributed by atoms with Crippen LogP contribution in [0.5, 0.6) is 5.75 Å². The predicted molar refractivity (Wildman–Crippen MR) is 65.1 cm³/mol. The lowest BCUT2D eigenvalue weighted by Crippen LogP contribution is -2.48. The highest BCUT2D eigenvalue weighted by Crippen LogP contribution is 2.20. The van der Waals surface area contributed by atoms with E-state index in [1.165, 1.54) is 10.4 Å². The molecule has 100 valence electrons. The molecule has 0 spiro atoms. The van der Waals surface area contributed by atoms with Crippen LogP contribution in [0.4, 0.5) is 10.1 Å². The first-order chi connectivity index (χ1) is 8.49. The Labute approximate surface area is 105 Å².